The van der Waals surface area contributed by atoms with Crippen molar-refractivity contribution in [2.24, 2.45) is 0 Å². The molecule has 5 nitrogen and oxygen atoms in total. The van der Waals surface area contributed by atoms with Crippen molar-refractivity contribution in [1.82, 2.24) is 19.9 Å². The van der Waals surface area contributed by atoms with Gasteiger partial charge in [0.2, 0.25) is 5.95 Å². The number of anilines is 1. The molecule has 0 spiro atoms. The van der Waals surface area contributed by atoms with E-state index >= 15 is 0 Å². The molecule has 27 heavy (non-hydrogen) atoms. The lowest BCUT2D eigenvalue weighted by Crippen LogP contribution is -2.40. The molecule has 1 atom stereocenters. The molecule has 2 aliphatic rings. The molecule has 0 radical (unpaired) electrons. The Bertz CT molecular complexity index is 806. The van der Waals surface area contributed by atoms with Gasteiger partial charge in [0, 0.05) is 43.6 Å². The van der Waals surface area contributed by atoms with Gasteiger partial charge < -0.3 is 4.90 Å². The van der Waals surface area contributed by atoms with Crippen LogP contribution in [0.1, 0.15) is 36.3 Å². The van der Waals surface area contributed by atoms with E-state index in [0.717, 1.165) is 56.4 Å². The molecule has 144 valence electrons. The summed E-state index contributed by atoms with van der Waals surface area (Å²) in [5.74, 6) is 0.202. The van der Waals surface area contributed by atoms with Crippen LogP contribution >= 0.6 is 0 Å². The Morgan fingerprint density at radius 2 is 1.93 bits per heavy atom. The van der Waals surface area contributed by atoms with E-state index in [0.29, 0.717) is 0 Å². The predicted octanol–water partition coefficient (Wildman–Crippen LogP) is 3.44. The second kappa shape index (κ2) is 7.07. The molecule has 1 aliphatic heterocycles. The van der Waals surface area contributed by atoms with Crippen molar-refractivity contribution >= 4 is 5.95 Å². The summed E-state index contributed by atoms with van der Waals surface area (Å²) in [6.07, 6.45) is -0.387. The third-order valence-electron chi connectivity index (χ3n) is 5.08. The topological polar surface area (TPSA) is 45.2 Å². The maximum absolute atomic E-state index is 13.0. The van der Waals surface area contributed by atoms with Crippen LogP contribution in [-0.4, -0.2) is 45.0 Å². The average molecular weight is 377 g/mol. The van der Waals surface area contributed by atoms with Crippen molar-refractivity contribution in [2.75, 3.05) is 18.0 Å². The monoisotopic (exact) mass is 377 g/mol. The number of alkyl halides is 3. The fourth-order valence-corrected chi connectivity index (χ4v) is 3.71. The van der Waals surface area contributed by atoms with Crippen LogP contribution in [0.3, 0.4) is 0 Å². The van der Waals surface area contributed by atoms with Crippen LogP contribution in [0.4, 0.5) is 19.1 Å². The number of likely N-dealkylation sites (tertiary alicyclic amines) is 1. The lowest BCUT2D eigenvalue weighted by Gasteiger charge is -2.29. The van der Waals surface area contributed by atoms with Crippen LogP contribution in [0.5, 0.6) is 0 Å². The van der Waals surface area contributed by atoms with E-state index in [2.05, 4.69) is 19.9 Å². The van der Waals surface area contributed by atoms with Crippen molar-refractivity contribution in [3.8, 4) is 0 Å². The third kappa shape index (κ3) is 4.21. The number of halogens is 3. The molecular weight excluding hydrogens is 355 g/mol. The Labute approximate surface area is 156 Å². The average Bonchev–Trinajstić information content (AvgIpc) is 3.34. The molecule has 0 N–H and O–H groups in total. The molecule has 0 amide bonds. The highest BCUT2D eigenvalue weighted by molar-refractivity contribution is 5.37. The second-order valence-corrected chi connectivity index (χ2v) is 7.33. The minimum absolute atomic E-state index is 0.130. The summed E-state index contributed by atoms with van der Waals surface area (Å²) < 4.78 is 39.1. The van der Waals surface area contributed by atoms with Gasteiger partial charge in [0.25, 0.3) is 0 Å². The zero-order valence-corrected chi connectivity index (χ0v) is 15.2. The molecule has 8 heteroatoms. The van der Waals surface area contributed by atoms with Crippen LogP contribution in [0.15, 0.2) is 30.5 Å². The Hall–Kier alpha value is -2.22. The van der Waals surface area contributed by atoms with Crippen molar-refractivity contribution < 1.29 is 13.2 Å². The van der Waals surface area contributed by atoms with Crippen LogP contribution in [0, 0.1) is 6.92 Å². The molecule has 1 saturated carbocycles. The van der Waals surface area contributed by atoms with Crippen molar-refractivity contribution in [3.63, 3.8) is 0 Å². The smallest absolute Gasteiger partial charge is 0.334 e. The zero-order chi connectivity index (χ0) is 19.0. The van der Waals surface area contributed by atoms with Gasteiger partial charge in [0.15, 0.2) is 0 Å². The van der Waals surface area contributed by atoms with E-state index in [1.807, 2.05) is 30.0 Å². The van der Waals surface area contributed by atoms with Gasteiger partial charge in [0.1, 0.15) is 5.69 Å². The summed E-state index contributed by atoms with van der Waals surface area (Å²) in [7, 11) is 0. The lowest BCUT2D eigenvalue weighted by molar-refractivity contribution is -0.141. The van der Waals surface area contributed by atoms with Gasteiger partial charge in [-0.1, -0.05) is 6.07 Å². The second-order valence-electron chi connectivity index (χ2n) is 7.33. The highest BCUT2D eigenvalue weighted by atomic mass is 19.4. The number of aryl methyl sites for hydroxylation is 1. The van der Waals surface area contributed by atoms with E-state index in [1.165, 1.54) is 6.20 Å². The summed E-state index contributed by atoms with van der Waals surface area (Å²) in [6.45, 7) is 4.39. The van der Waals surface area contributed by atoms with Crippen molar-refractivity contribution in [2.45, 2.75) is 51.0 Å². The molecular formula is C19H22F3N5. The summed E-state index contributed by atoms with van der Waals surface area (Å²) in [4.78, 5) is 16.9. The molecule has 1 saturated heterocycles. The van der Waals surface area contributed by atoms with E-state index in [-0.39, 0.29) is 18.0 Å². The zero-order valence-electron chi connectivity index (χ0n) is 15.2. The Kier molecular flexibility index (Phi) is 4.75. The minimum Gasteiger partial charge on any atom is -0.334 e. The number of aromatic nitrogens is 3. The fraction of sp³-hybridized carbons (Fsp3) is 0.526. The Morgan fingerprint density at radius 3 is 2.63 bits per heavy atom. The molecule has 1 aliphatic carbocycles. The molecule has 0 bridgehead atoms. The standard InChI is InChI=1S/C19H22F3N5/c1-13-3-2-4-14(24-13)11-26-10-8-16(12-26)27(15-5-6-15)18-23-9-7-17(25-18)19(20,21)22/h2-4,7,9,15-16H,5-6,8,10-12H2,1H3. The van der Waals surface area contributed by atoms with Gasteiger partial charge in [-0.05, 0) is 44.4 Å². The van der Waals surface area contributed by atoms with E-state index < -0.39 is 11.9 Å². The number of hydrogen-bond acceptors (Lipinski definition) is 5. The van der Waals surface area contributed by atoms with Gasteiger partial charge in [-0.2, -0.15) is 13.2 Å². The van der Waals surface area contributed by atoms with Crippen molar-refractivity contribution in [3.05, 3.63) is 47.5 Å². The predicted molar refractivity (Wildman–Crippen MR) is 95.2 cm³/mol. The maximum Gasteiger partial charge on any atom is 0.433 e. The summed E-state index contributed by atoms with van der Waals surface area (Å²) in [5, 5.41) is 0. The lowest BCUT2D eigenvalue weighted by atomic mass is 10.2. The van der Waals surface area contributed by atoms with E-state index in [9.17, 15) is 13.2 Å². The molecule has 2 fully saturated rings. The molecule has 1 unspecified atom stereocenters. The maximum atomic E-state index is 13.0. The first kappa shape index (κ1) is 18.2. The largest absolute Gasteiger partial charge is 0.433 e. The normalized spacial score (nSPS) is 20.8. The molecule has 3 heterocycles. The first-order valence-corrected chi connectivity index (χ1v) is 9.23. The number of rotatable bonds is 5. The van der Waals surface area contributed by atoms with E-state index in [4.69, 9.17) is 0 Å². The SMILES string of the molecule is Cc1cccc(CN2CCC(N(c3nccc(C(F)(F)F)n3)C3CC3)C2)n1. The van der Waals surface area contributed by atoms with E-state index in [1.54, 1.807) is 0 Å². The summed E-state index contributed by atoms with van der Waals surface area (Å²) in [5.41, 5.74) is 1.13. The van der Waals surface area contributed by atoms with Gasteiger partial charge in [-0.15, -0.1) is 0 Å². The number of nitrogens with zero attached hydrogens (tertiary/aromatic N) is 5. The fourth-order valence-electron chi connectivity index (χ4n) is 3.71. The summed E-state index contributed by atoms with van der Waals surface area (Å²) >= 11 is 0. The van der Waals surface area contributed by atoms with Gasteiger partial charge in [-0.25, -0.2) is 9.97 Å². The van der Waals surface area contributed by atoms with Crippen LogP contribution in [-0.2, 0) is 12.7 Å². The molecule has 2 aromatic heterocycles. The Morgan fingerprint density at radius 1 is 1.11 bits per heavy atom. The number of pyridine rings is 1. The first-order chi connectivity index (χ1) is 12.9. The summed E-state index contributed by atoms with van der Waals surface area (Å²) in [6, 6.07) is 7.28. The molecule has 2 aromatic rings. The van der Waals surface area contributed by atoms with Gasteiger partial charge >= 0.3 is 6.18 Å². The molecule has 0 aromatic carbocycles. The van der Waals surface area contributed by atoms with Gasteiger partial charge in [-0.3, -0.25) is 9.88 Å². The van der Waals surface area contributed by atoms with Crippen LogP contribution in [0.25, 0.3) is 0 Å². The van der Waals surface area contributed by atoms with Crippen LogP contribution < -0.4 is 4.90 Å². The van der Waals surface area contributed by atoms with Crippen LogP contribution in [0.2, 0.25) is 0 Å². The first-order valence-electron chi connectivity index (χ1n) is 9.23. The van der Waals surface area contributed by atoms with Crippen molar-refractivity contribution in [1.29, 1.82) is 0 Å². The third-order valence-corrected chi connectivity index (χ3v) is 5.08. The van der Waals surface area contributed by atoms with Gasteiger partial charge in [0.05, 0.1) is 5.69 Å². The highest BCUT2D eigenvalue weighted by Gasteiger charge is 2.40. The number of hydrogen-bond donors (Lipinski definition) is 0. The quantitative estimate of drug-likeness (QED) is 0.799. The Balaban J connectivity index is 1.49. The minimum atomic E-state index is -4.45. The molecule has 4 rings (SSSR count). The highest BCUT2D eigenvalue weighted by Crippen LogP contribution is 2.36.